The van der Waals surface area contributed by atoms with Gasteiger partial charge in [-0.2, -0.15) is 0 Å². The molecule has 1 fully saturated rings. The number of nitro groups is 1. The molecule has 1 aliphatic heterocycles. The highest BCUT2D eigenvalue weighted by Gasteiger charge is 2.30. The summed E-state index contributed by atoms with van der Waals surface area (Å²) < 4.78 is 4.89. The Morgan fingerprint density at radius 1 is 1.36 bits per heavy atom. The minimum Gasteiger partial charge on any atom is -0.496 e. The first-order valence-electron chi connectivity index (χ1n) is 6.38. The summed E-state index contributed by atoms with van der Waals surface area (Å²) in [7, 11) is 1.36. The molecule has 1 N–H and O–H groups in total. The molecule has 0 atom stereocenters. The van der Waals surface area contributed by atoms with E-state index in [9.17, 15) is 24.5 Å². The summed E-state index contributed by atoms with van der Waals surface area (Å²) in [4.78, 5) is 45.9. The molecule has 0 spiro atoms. The molecule has 3 amide bonds. The van der Waals surface area contributed by atoms with Gasteiger partial charge < -0.3 is 10.1 Å². The summed E-state index contributed by atoms with van der Waals surface area (Å²) in [5.74, 6) is -1.26. The fourth-order valence-corrected chi connectivity index (χ4v) is 2.03. The van der Waals surface area contributed by atoms with E-state index in [1.165, 1.54) is 25.3 Å². The lowest BCUT2D eigenvalue weighted by Crippen LogP contribution is -2.36. The first-order chi connectivity index (χ1) is 10.4. The average Bonchev–Trinajstić information content (AvgIpc) is 2.79. The van der Waals surface area contributed by atoms with Crippen LogP contribution in [0.15, 0.2) is 18.2 Å². The molecule has 2 rings (SSSR count). The number of nitrogens with zero attached hydrogens (tertiary/aromatic N) is 2. The second-order valence-electron chi connectivity index (χ2n) is 4.56. The third kappa shape index (κ3) is 3.19. The lowest BCUT2D eigenvalue weighted by molar-refractivity contribution is -0.384. The van der Waals surface area contributed by atoms with E-state index in [4.69, 9.17) is 4.74 Å². The number of methoxy groups -OCH3 is 1. The van der Waals surface area contributed by atoms with E-state index < -0.39 is 29.2 Å². The highest BCUT2D eigenvalue weighted by molar-refractivity contribution is 6.06. The monoisotopic (exact) mass is 307 g/mol. The van der Waals surface area contributed by atoms with E-state index in [0.717, 1.165) is 4.90 Å². The van der Waals surface area contributed by atoms with Gasteiger partial charge in [-0.1, -0.05) is 0 Å². The largest absolute Gasteiger partial charge is 0.496 e. The van der Waals surface area contributed by atoms with Crippen molar-refractivity contribution in [2.45, 2.75) is 12.8 Å². The number of hydrogen-bond donors (Lipinski definition) is 1. The number of rotatable bonds is 5. The lowest BCUT2D eigenvalue weighted by atomic mass is 10.2. The summed E-state index contributed by atoms with van der Waals surface area (Å²) in [6.45, 7) is -0.457. The molecule has 0 saturated carbocycles. The van der Waals surface area contributed by atoms with Gasteiger partial charge in [-0.25, -0.2) is 0 Å². The van der Waals surface area contributed by atoms with Gasteiger partial charge in [-0.15, -0.1) is 0 Å². The van der Waals surface area contributed by atoms with Crippen molar-refractivity contribution in [1.29, 1.82) is 0 Å². The Kier molecular flexibility index (Phi) is 4.35. The maximum absolute atomic E-state index is 11.9. The number of benzene rings is 1. The maximum atomic E-state index is 11.9. The van der Waals surface area contributed by atoms with Crippen LogP contribution in [-0.4, -0.2) is 41.2 Å². The maximum Gasteiger partial charge on any atom is 0.296 e. The number of anilines is 1. The minimum atomic E-state index is -0.683. The van der Waals surface area contributed by atoms with Crippen molar-refractivity contribution in [2.24, 2.45) is 0 Å². The Balaban J connectivity index is 2.13. The summed E-state index contributed by atoms with van der Waals surface area (Å²) in [6.07, 6.45) is 0.156. The molecule has 9 heteroatoms. The van der Waals surface area contributed by atoms with Crippen LogP contribution in [0, 0.1) is 10.1 Å². The zero-order valence-electron chi connectivity index (χ0n) is 11.7. The minimum absolute atomic E-state index is 0.0325. The summed E-state index contributed by atoms with van der Waals surface area (Å²) in [5, 5.41) is 13.3. The molecule has 0 radical (unpaired) electrons. The van der Waals surface area contributed by atoms with Gasteiger partial charge >= 0.3 is 0 Å². The van der Waals surface area contributed by atoms with Crippen LogP contribution in [-0.2, 0) is 14.4 Å². The molecule has 9 nitrogen and oxygen atoms in total. The van der Waals surface area contributed by atoms with Crippen LogP contribution in [0.2, 0.25) is 0 Å². The van der Waals surface area contributed by atoms with Gasteiger partial charge in [0, 0.05) is 12.8 Å². The zero-order chi connectivity index (χ0) is 16.3. The van der Waals surface area contributed by atoms with E-state index in [2.05, 4.69) is 5.32 Å². The number of imide groups is 1. The first kappa shape index (κ1) is 15.4. The topological polar surface area (TPSA) is 119 Å². The van der Waals surface area contributed by atoms with Crippen molar-refractivity contribution in [3.8, 4) is 5.75 Å². The fraction of sp³-hybridized carbons (Fsp3) is 0.308. The number of ether oxygens (including phenoxy) is 1. The highest BCUT2D eigenvalue weighted by Crippen LogP contribution is 2.29. The molecule has 1 saturated heterocycles. The summed E-state index contributed by atoms with van der Waals surface area (Å²) >= 11 is 0. The van der Waals surface area contributed by atoms with Crippen molar-refractivity contribution in [2.75, 3.05) is 19.0 Å². The average molecular weight is 307 g/mol. The fourth-order valence-electron chi connectivity index (χ4n) is 2.03. The van der Waals surface area contributed by atoms with Crippen LogP contribution < -0.4 is 10.1 Å². The van der Waals surface area contributed by atoms with Crippen LogP contribution >= 0.6 is 0 Å². The molecule has 116 valence electrons. The Morgan fingerprint density at radius 2 is 2.00 bits per heavy atom. The molecule has 1 aromatic carbocycles. The number of carbonyl (C=O) groups is 3. The second kappa shape index (κ2) is 6.20. The van der Waals surface area contributed by atoms with Crippen molar-refractivity contribution < 1.29 is 24.0 Å². The molecule has 1 aromatic rings. The Morgan fingerprint density at radius 3 is 2.55 bits per heavy atom. The van der Waals surface area contributed by atoms with Crippen LogP contribution in [0.3, 0.4) is 0 Å². The Labute approximate surface area is 125 Å². The van der Waals surface area contributed by atoms with Gasteiger partial charge in [0.15, 0.2) is 0 Å². The first-order valence-corrected chi connectivity index (χ1v) is 6.38. The van der Waals surface area contributed by atoms with Crippen molar-refractivity contribution in [1.82, 2.24) is 4.90 Å². The lowest BCUT2D eigenvalue weighted by Gasteiger charge is -2.13. The van der Waals surface area contributed by atoms with Gasteiger partial charge in [0.05, 0.1) is 18.1 Å². The van der Waals surface area contributed by atoms with Crippen molar-refractivity contribution in [3.05, 3.63) is 28.3 Å². The van der Waals surface area contributed by atoms with E-state index >= 15 is 0 Å². The van der Waals surface area contributed by atoms with Crippen LogP contribution in [0.25, 0.3) is 0 Å². The molecule has 0 unspecified atom stereocenters. The van der Waals surface area contributed by atoms with E-state index in [-0.39, 0.29) is 30.0 Å². The molecular formula is C13H13N3O6. The number of likely N-dealkylation sites (tertiary alicyclic amines) is 1. The van der Waals surface area contributed by atoms with Crippen molar-refractivity contribution >= 4 is 29.1 Å². The van der Waals surface area contributed by atoms with E-state index in [1.54, 1.807) is 0 Å². The zero-order valence-corrected chi connectivity index (χ0v) is 11.7. The molecule has 1 heterocycles. The third-order valence-electron chi connectivity index (χ3n) is 3.13. The smallest absolute Gasteiger partial charge is 0.296 e. The normalized spacial score (nSPS) is 14.1. The quantitative estimate of drug-likeness (QED) is 0.485. The van der Waals surface area contributed by atoms with Crippen LogP contribution in [0.5, 0.6) is 5.75 Å². The Bertz CT molecular complexity index is 641. The predicted octanol–water partition coefficient (Wildman–Crippen LogP) is 0.691. The van der Waals surface area contributed by atoms with Crippen LogP contribution in [0.4, 0.5) is 11.4 Å². The van der Waals surface area contributed by atoms with E-state index in [0.29, 0.717) is 0 Å². The molecule has 1 aliphatic rings. The number of hydrogen-bond acceptors (Lipinski definition) is 6. The number of nitro benzene ring substituents is 1. The standard InChI is InChI=1S/C13H13N3O6/c1-22-8-2-3-9(10(6-8)16(20)21)14-11(17)7-15-12(18)4-5-13(15)19/h2-3,6H,4-5,7H2,1H3,(H,14,17). The number of amides is 3. The van der Waals surface area contributed by atoms with Gasteiger partial charge in [0.1, 0.15) is 18.0 Å². The summed E-state index contributed by atoms with van der Waals surface area (Å²) in [5.41, 5.74) is -0.373. The number of carbonyl (C=O) groups excluding carboxylic acids is 3. The van der Waals surface area contributed by atoms with Gasteiger partial charge in [0.25, 0.3) is 5.69 Å². The van der Waals surface area contributed by atoms with E-state index in [1.807, 2.05) is 0 Å². The summed E-state index contributed by atoms with van der Waals surface area (Å²) in [6, 6.07) is 3.94. The van der Waals surface area contributed by atoms with Gasteiger partial charge in [-0.05, 0) is 12.1 Å². The molecular weight excluding hydrogens is 294 g/mol. The molecule has 22 heavy (non-hydrogen) atoms. The van der Waals surface area contributed by atoms with Gasteiger partial charge in [-0.3, -0.25) is 29.4 Å². The Hall–Kier alpha value is -2.97. The molecule has 0 aromatic heterocycles. The highest BCUT2D eigenvalue weighted by atomic mass is 16.6. The SMILES string of the molecule is COc1ccc(NC(=O)CN2C(=O)CCC2=O)c([N+](=O)[O-])c1. The second-order valence-corrected chi connectivity index (χ2v) is 4.56. The molecule has 0 aliphatic carbocycles. The van der Waals surface area contributed by atoms with Crippen molar-refractivity contribution in [3.63, 3.8) is 0 Å². The predicted molar refractivity (Wildman–Crippen MR) is 74.2 cm³/mol. The molecule has 0 bridgehead atoms. The number of nitrogens with one attached hydrogen (secondary N) is 1. The van der Waals surface area contributed by atoms with Crippen LogP contribution in [0.1, 0.15) is 12.8 Å². The third-order valence-corrected chi connectivity index (χ3v) is 3.13. The van der Waals surface area contributed by atoms with Gasteiger partial charge in [0.2, 0.25) is 17.7 Å².